The van der Waals surface area contributed by atoms with Crippen LogP contribution in [0.5, 0.6) is 0 Å². The molecule has 1 aliphatic carbocycles. The van der Waals surface area contributed by atoms with Crippen LogP contribution < -0.4 is 10.0 Å². The molecular weight excluding hydrogens is 442 g/mol. The van der Waals surface area contributed by atoms with Gasteiger partial charge in [0.25, 0.3) is 0 Å². The molecule has 4 aromatic rings. The molecule has 1 atom stereocenters. The Morgan fingerprint density at radius 1 is 0.938 bits per heavy atom. The van der Waals surface area contributed by atoms with E-state index in [1.807, 2.05) is 36.4 Å². The van der Waals surface area contributed by atoms with Gasteiger partial charge in [-0.15, -0.1) is 0 Å². The number of pyridine rings is 1. The van der Waals surface area contributed by atoms with E-state index in [1.54, 1.807) is 30.5 Å². The van der Waals surface area contributed by atoms with Crippen molar-refractivity contribution in [1.82, 2.24) is 9.71 Å². The fourth-order valence-corrected chi connectivity index (χ4v) is 5.62. The number of hydrogen-bond acceptors (Lipinski definition) is 4. The van der Waals surface area contributed by atoms with Gasteiger partial charge in [-0.3, -0.25) is 0 Å². The smallest absolute Gasteiger partial charge is 0.240 e. The van der Waals surface area contributed by atoms with E-state index >= 15 is 0 Å². The molecule has 0 radical (unpaired) electrons. The second-order valence-electron chi connectivity index (χ2n) is 8.00. The van der Waals surface area contributed by atoms with Crippen LogP contribution in [0.1, 0.15) is 17.5 Å². The van der Waals surface area contributed by atoms with Gasteiger partial charge in [0, 0.05) is 28.3 Å². The van der Waals surface area contributed by atoms with Crippen LogP contribution in [-0.4, -0.2) is 19.4 Å². The predicted molar refractivity (Wildman–Crippen MR) is 129 cm³/mol. The second kappa shape index (κ2) is 8.54. The molecule has 0 saturated heterocycles. The maximum Gasteiger partial charge on any atom is 0.240 e. The molecule has 1 aliphatic rings. The standard InChI is InChI=1S/C25H22ClN3O2S/c26-20-7-5-18-13-14-27-25(24(18)16-20)28-21-9-11-23(12-10-21)32(30,31)29-22-8-6-17-3-1-2-4-19(17)15-22/h1-5,7,9-14,16,22,29H,6,8,15H2,(H,27,28). The number of fused-ring (bicyclic) bond motifs is 2. The first-order valence-corrected chi connectivity index (χ1v) is 12.3. The van der Waals surface area contributed by atoms with Crippen LogP contribution in [0.25, 0.3) is 10.8 Å². The number of nitrogens with zero attached hydrogens (tertiary/aromatic N) is 1. The Bertz CT molecular complexity index is 1390. The zero-order chi connectivity index (χ0) is 22.1. The Hall–Kier alpha value is -2.93. The summed E-state index contributed by atoms with van der Waals surface area (Å²) in [6.07, 6.45) is 4.12. The molecule has 162 valence electrons. The van der Waals surface area contributed by atoms with Gasteiger partial charge in [0.05, 0.1) is 4.90 Å². The number of rotatable bonds is 5. The first-order valence-electron chi connectivity index (χ1n) is 10.5. The van der Waals surface area contributed by atoms with Crippen LogP contribution >= 0.6 is 11.6 Å². The molecule has 1 unspecified atom stereocenters. The normalized spacial score (nSPS) is 16.0. The van der Waals surface area contributed by atoms with Crippen molar-refractivity contribution in [3.05, 3.63) is 95.1 Å². The maximum atomic E-state index is 12.9. The number of benzene rings is 3. The molecule has 7 heteroatoms. The van der Waals surface area contributed by atoms with Gasteiger partial charge in [-0.1, -0.05) is 41.9 Å². The van der Waals surface area contributed by atoms with Crippen molar-refractivity contribution in [3.63, 3.8) is 0 Å². The third-order valence-corrected chi connectivity index (χ3v) is 7.60. The number of nitrogens with one attached hydrogen (secondary N) is 2. The first kappa shape index (κ1) is 20.9. The summed E-state index contributed by atoms with van der Waals surface area (Å²) in [5, 5.41) is 5.81. The van der Waals surface area contributed by atoms with Crippen LogP contribution in [0, 0.1) is 0 Å². The highest BCUT2D eigenvalue weighted by Gasteiger charge is 2.24. The summed E-state index contributed by atoms with van der Waals surface area (Å²) in [5.41, 5.74) is 3.27. The monoisotopic (exact) mass is 463 g/mol. The Balaban J connectivity index is 1.32. The lowest BCUT2D eigenvalue weighted by molar-refractivity contribution is 0.507. The van der Waals surface area contributed by atoms with E-state index < -0.39 is 10.0 Å². The minimum atomic E-state index is -3.60. The average molecular weight is 464 g/mol. The molecule has 32 heavy (non-hydrogen) atoms. The van der Waals surface area contributed by atoms with E-state index in [0.717, 1.165) is 29.3 Å². The molecule has 0 saturated carbocycles. The van der Waals surface area contributed by atoms with Gasteiger partial charge in [-0.05, 0) is 78.2 Å². The van der Waals surface area contributed by atoms with Gasteiger partial charge in [-0.2, -0.15) is 0 Å². The summed E-state index contributed by atoms with van der Waals surface area (Å²) in [7, 11) is -3.60. The highest BCUT2D eigenvalue weighted by atomic mass is 35.5. The van der Waals surface area contributed by atoms with E-state index in [-0.39, 0.29) is 10.9 Å². The molecule has 0 amide bonds. The van der Waals surface area contributed by atoms with Crippen molar-refractivity contribution in [2.45, 2.75) is 30.2 Å². The molecular formula is C25H22ClN3O2S. The zero-order valence-electron chi connectivity index (χ0n) is 17.3. The van der Waals surface area contributed by atoms with Gasteiger partial charge < -0.3 is 5.32 Å². The van der Waals surface area contributed by atoms with Crippen molar-refractivity contribution in [3.8, 4) is 0 Å². The Morgan fingerprint density at radius 3 is 2.53 bits per heavy atom. The highest BCUT2D eigenvalue weighted by Crippen LogP contribution is 2.28. The summed E-state index contributed by atoms with van der Waals surface area (Å²) in [6.45, 7) is 0. The first-order chi connectivity index (χ1) is 15.5. The topological polar surface area (TPSA) is 71.1 Å². The van der Waals surface area contributed by atoms with Crippen molar-refractivity contribution < 1.29 is 8.42 Å². The summed E-state index contributed by atoms with van der Waals surface area (Å²) in [4.78, 5) is 4.66. The minimum absolute atomic E-state index is 0.0997. The van der Waals surface area contributed by atoms with Gasteiger partial charge in [0.2, 0.25) is 10.0 Å². The molecule has 5 rings (SSSR count). The summed E-state index contributed by atoms with van der Waals surface area (Å²) in [5.74, 6) is 0.666. The maximum absolute atomic E-state index is 12.9. The SMILES string of the molecule is O=S(=O)(NC1CCc2ccccc2C1)c1ccc(Nc2nccc3ccc(Cl)cc23)cc1. The number of hydrogen-bond donors (Lipinski definition) is 2. The number of sulfonamides is 1. The lowest BCUT2D eigenvalue weighted by Gasteiger charge is -2.25. The lowest BCUT2D eigenvalue weighted by atomic mass is 9.89. The average Bonchev–Trinajstić information content (AvgIpc) is 2.79. The van der Waals surface area contributed by atoms with E-state index in [2.05, 4.69) is 27.2 Å². The molecule has 3 aromatic carbocycles. The Morgan fingerprint density at radius 2 is 1.72 bits per heavy atom. The molecule has 1 aromatic heterocycles. The quantitative estimate of drug-likeness (QED) is 0.412. The third kappa shape index (κ3) is 4.35. The van der Waals surface area contributed by atoms with E-state index in [0.29, 0.717) is 17.3 Å². The third-order valence-electron chi connectivity index (χ3n) is 5.82. The lowest BCUT2D eigenvalue weighted by Crippen LogP contribution is -2.38. The molecule has 2 N–H and O–H groups in total. The number of halogens is 1. The predicted octanol–water partition coefficient (Wildman–Crippen LogP) is 5.47. The number of aryl methyl sites for hydroxylation is 1. The van der Waals surface area contributed by atoms with Gasteiger partial charge >= 0.3 is 0 Å². The van der Waals surface area contributed by atoms with E-state index in [4.69, 9.17) is 11.6 Å². The zero-order valence-corrected chi connectivity index (χ0v) is 18.8. The molecule has 5 nitrogen and oxygen atoms in total. The Labute approximate surface area is 192 Å². The largest absolute Gasteiger partial charge is 0.340 e. The second-order valence-corrected chi connectivity index (χ2v) is 10.2. The van der Waals surface area contributed by atoms with Crippen LogP contribution in [-0.2, 0) is 22.9 Å². The fourth-order valence-electron chi connectivity index (χ4n) is 4.18. The number of aromatic nitrogens is 1. The van der Waals surface area contributed by atoms with Crippen LogP contribution in [0.2, 0.25) is 5.02 Å². The van der Waals surface area contributed by atoms with Crippen LogP contribution in [0.3, 0.4) is 0 Å². The molecule has 0 aliphatic heterocycles. The van der Waals surface area contributed by atoms with E-state index in [9.17, 15) is 8.42 Å². The van der Waals surface area contributed by atoms with E-state index in [1.165, 1.54) is 11.1 Å². The van der Waals surface area contributed by atoms with Crippen molar-refractivity contribution in [2.24, 2.45) is 0 Å². The van der Waals surface area contributed by atoms with Crippen LogP contribution in [0.4, 0.5) is 11.5 Å². The van der Waals surface area contributed by atoms with Crippen molar-refractivity contribution in [1.29, 1.82) is 0 Å². The molecule has 0 spiro atoms. The summed E-state index contributed by atoms with van der Waals surface area (Å²) < 4.78 is 28.7. The van der Waals surface area contributed by atoms with Crippen molar-refractivity contribution in [2.75, 3.05) is 5.32 Å². The summed E-state index contributed by atoms with van der Waals surface area (Å²) in [6, 6.07) is 22.4. The number of anilines is 2. The molecule has 0 fully saturated rings. The molecule has 0 bridgehead atoms. The van der Waals surface area contributed by atoms with Gasteiger partial charge in [0.1, 0.15) is 5.82 Å². The fraction of sp³-hybridized carbons (Fsp3) is 0.160. The Kier molecular flexibility index (Phi) is 5.59. The van der Waals surface area contributed by atoms with Crippen LogP contribution in [0.15, 0.2) is 83.9 Å². The minimum Gasteiger partial charge on any atom is -0.340 e. The summed E-state index contributed by atoms with van der Waals surface area (Å²) >= 11 is 6.14. The van der Waals surface area contributed by atoms with Gasteiger partial charge in [0.15, 0.2) is 0 Å². The highest BCUT2D eigenvalue weighted by molar-refractivity contribution is 7.89. The van der Waals surface area contributed by atoms with Gasteiger partial charge in [-0.25, -0.2) is 18.1 Å². The molecule has 1 heterocycles. The van der Waals surface area contributed by atoms with Crippen molar-refractivity contribution >= 4 is 43.9 Å².